The zero-order valence-electron chi connectivity index (χ0n) is 13.5. The van der Waals surface area contributed by atoms with Gasteiger partial charge in [0.25, 0.3) is 0 Å². The highest BCUT2D eigenvalue weighted by Crippen LogP contribution is 2.30. The summed E-state index contributed by atoms with van der Waals surface area (Å²) in [5.41, 5.74) is 0. The van der Waals surface area contributed by atoms with Gasteiger partial charge in [0.1, 0.15) is 10.0 Å². The quantitative estimate of drug-likeness (QED) is 0.898. The zero-order chi connectivity index (χ0) is 16.2. The second-order valence-electron chi connectivity index (χ2n) is 6.32. The van der Waals surface area contributed by atoms with Crippen LogP contribution in [0.4, 0.5) is 9.80 Å². The molecule has 1 fully saturated rings. The third kappa shape index (κ3) is 4.29. The Kier molecular flexibility index (Phi) is 5.27. The summed E-state index contributed by atoms with van der Waals surface area (Å²) in [4.78, 5) is 14.3. The smallest absolute Gasteiger partial charge is 0.322 e. The van der Waals surface area contributed by atoms with Crippen molar-refractivity contribution in [2.45, 2.75) is 39.0 Å². The van der Waals surface area contributed by atoms with Crippen LogP contribution < -0.4 is 5.32 Å². The fourth-order valence-corrected chi connectivity index (χ4v) is 4.55. The van der Waals surface area contributed by atoms with E-state index in [-0.39, 0.29) is 6.03 Å². The minimum absolute atomic E-state index is 0.0101. The van der Waals surface area contributed by atoms with Crippen LogP contribution in [0.3, 0.4) is 0 Å². The molecule has 3 heterocycles. The maximum absolute atomic E-state index is 12.4. The predicted molar refractivity (Wildman–Crippen MR) is 95.3 cm³/mol. The van der Waals surface area contributed by atoms with Crippen LogP contribution in [0.5, 0.6) is 0 Å². The Morgan fingerprint density at radius 3 is 3.09 bits per heavy atom. The second-order valence-corrected chi connectivity index (χ2v) is 8.37. The Hall–Kier alpha value is -1.47. The summed E-state index contributed by atoms with van der Waals surface area (Å²) in [6.45, 7) is 5.93. The lowest BCUT2D eigenvalue weighted by molar-refractivity contribution is 0.192. The molecule has 1 unspecified atom stereocenters. The molecule has 2 aromatic heterocycles. The number of hydrogen-bond acceptors (Lipinski definition) is 5. The summed E-state index contributed by atoms with van der Waals surface area (Å²) >= 11 is 3.25. The van der Waals surface area contributed by atoms with Gasteiger partial charge in [-0.15, -0.1) is 32.9 Å². The number of rotatable bonds is 4. The number of anilines is 1. The van der Waals surface area contributed by atoms with Crippen molar-refractivity contribution in [1.29, 1.82) is 0 Å². The van der Waals surface area contributed by atoms with Gasteiger partial charge in [0, 0.05) is 25.4 Å². The van der Waals surface area contributed by atoms with Crippen molar-refractivity contribution in [2.75, 3.05) is 18.4 Å². The maximum atomic E-state index is 12.4. The van der Waals surface area contributed by atoms with E-state index >= 15 is 0 Å². The number of amides is 2. The van der Waals surface area contributed by atoms with Gasteiger partial charge in [0.15, 0.2) is 0 Å². The van der Waals surface area contributed by atoms with Crippen molar-refractivity contribution in [3.8, 4) is 0 Å². The minimum atomic E-state index is -0.0101. The highest BCUT2D eigenvalue weighted by molar-refractivity contribution is 7.14. The van der Waals surface area contributed by atoms with E-state index in [1.165, 1.54) is 0 Å². The van der Waals surface area contributed by atoms with Crippen LogP contribution in [0.1, 0.15) is 42.6 Å². The monoisotopic (exact) mass is 350 g/mol. The van der Waals surface area contributed by atoms with Crippen molar-refractivity contribution in [2.24, 2.45) is 5.92 Å². The van der Waals surface area contributed by atoms with E-state index in [0.717, 1.165) is 47.4 Å². The molecule has 5 nitrogen and oxygen atoms in total. The van der Waals surface area contributed by atoms with E-state index in [1.807, 2.05) is 22.4 Å². The van der Waals surface area contributed by atoms with Gasteiger partial charge >= 0.3 is 6.03 Å². The minimum Gasteiger partial charge on any atom is -0.324 e. The first-order valence-corrected chi connectivity index (χ1v) is 9.73. The van der Waals surface area contributed by atoms with E-state index in [4.69, 9.17) is 0 Å². The molecule has 2 aromatic rings. The number of carbonyl (C=O) groups excluding carboxylic acids is 1. The normalized spacial score (nSPS) is 18.4. The molecule has 0 bridgehead atoms. The van der Waals surface area contributed by atoms with Gasteiger partial charge in [0.2, 0.25) is 0 Å². The summed E-state index contributed by atoms with van der Waals surface area (Å²) in [5, 5.41) is 16.7. The van der Waals surface area contributed by atoms with Gasteiger partial charge in [0.05, 0.1) is 5.00 Å². The Balaban J connectivity index is 1.61. The lowest BCUT2D eigenvalue weighted by atomic mass is 9.99. The molecule has 0 aromatic carbocycles. The molecule has 23 heavy (non-hydrogen) atoms. The third-order valence-electron chi connectivity index (χ3n) is 3.87. The average molecular weight is 351 g/mol. The molecular formula is C16H22N4OS2. The number of nitrogens with one attached hydrogen (secondary N) is 1. The number of carbonyl (C=O) groups is 1. The molecule has 0 aliphatic carbocycles. The summed E-state index contributed by atoms with van der Waals surface area (Å²) in [5.74, 6) is 0.909. The molecule has 0 radical (unpaired) electrons. The first-order valence-electron chi connectivity index (χ1n) is 8.03. The molecule has 1 saturated heterocycles. The third-order valence-corrected chi connectivity index (χ3v) is 5.77. The Morgan fingerprint density at radius 1 is 1.48 bits per heavy atom. The first-order chi connectivity index (χ1) is 11.1. The Morgan fingerprint density at radius 2 is 2.35 bits per heavy atom. The summed E-state index contributed by atoms with van der Waals surface area (Å²) in [6.07, 6.45) is 3.08. The number of hydrogen-bond donors (Lipinski definition) is 1. The van der Waals surface area contributed by atoms with Crippen LogP contribution in [0.15, 0.2) is 17.5 Å². The first kappa shape index (κ1) is 16.4. The molecule has 0 spiro atoms. The van der Waals surface area contributed by atoms with E-state index in [2.05, 4.69) is 29.4 Å². The lowest BCUT2D eigenvalue weighted by Crippen LogP contribution is -2.41. The van der Waals surface area contributed by atoms with Crippen LogP contribution in [-0.4, -0.2) is 34.2 Å². The SMILES string of the molecule is CC(C)Cc1nnc(C2CCCN(C(=O)Nc3cccs3)C2)s1. The summed E-state index contributed by atoms with van der Waals surface area (Å²) in [6, 6.07) is 3.85. The zero-order valence-corrected chi connectivity index (χ0v) is 15.1. The number of piperidine rings is 1. The van der Waals surface area contributed by atoms with Gasteiger partial charge in [-0.05, 0) is 36.3 Å². The van der Waals surface area contributed by atoms with Crippen molar-refractivity contribution in [3.63, 3.8) is 0 Å². The molecule has 1 atom stereocenters. The highest BCUT2D eigenvalue weighted by Gasteiger charge is 2.27. The highest BCUT2D eigenvalue weighted by atomic mass is 32.1. The van der Waals surface area contributed by atoms with E-state index in [0.29, 0.717) is 11.8 Å². The topological polar surface area (TPSA) is 58.1 Å². The van der Waals surface area contributed by atoms with Gasteiger partial charge in [-0.2, -0.15) is 0 Å². The molecule has 2 amide bonds. The molecule has 1 N–H and O–H groups in total. The molecule has 1 aliphatic rings. The van der Waals surface area contributed by atoms with Gasteiger partial charge in [-0.1, -0.05) is 13.8 Å². The van der Waals surface area contributed by atoms with Crippen LogP contribution in [-0.2, 0) is 6.42 Å². The average Bonchev–Trinajstić information content (AvgIpc) is 3.18. The van der Waals surface area contributed by atoms with Crippen molar-refractivity contribution >= 4 is 33.7 Å². The Bertz CT molecular complexity index is 638. The fourth-order valence-electron chi connectivity index (χ4n) is 2.76. The van der Waals surface area contributed by atoms with Crippen LogP contribution >= 0.6 is 22.7 Å². The van der Waals surface area contributed by atoms with E-state index in [1.54, 1.807) is 22.7 Å². The molecule has 1 aliphatic heterocycles. The van der Waals surface area contributed by atoms with Gasteiger partial charge in [-0.25, -0.2) is 4.79 Å². The van der Waals surface area contributed by atoms with Crippen LogP contribution in [0.25, 0.3) is 0 Å². The van der Waals surface area contributed by atoms with Gasteiger partial charge in [-0.3, -0.25) is 5.32 Å². The lowest BCUT2D eigenvalue weighted by Gasteiger charge is -2.31. The number of nitrogens with zero attached hydrogens (tertiary/aromatic N) is 3. The molecule has 124 valence electrons. The molecule has 7 heteroatoms. The molecular weight excluding hydrogens is 328 g/mol. The van der Waals surface area contributed by atoms with E-state index < -0.39 is 0 Å². The fraction of sp³-hybridized carbons (Fsp3) is 0.562. The number of likely N-dealkylation sites (tertiary alicyclic amines) is 1. The molecule has 3 rings (SSSR count). The van der Waals surface area contributed by atoms with Crippen LogP contribution in [0.2, 0.25) is 0 Å². The largest absolute Gasteiger partial charge is 0.324 e. The standard InChI is InChI=1S/C16H22N4OS2/c1-11(2)9-14-18-19-15(23-14)12-5-3-7-20(10-12)16(21)17-13-6-4-8-22-13/h4,6,8,11-12H,3,5,7,9-10H2,1-2H3,(H,17,21). The van der Waals surface area contributed by atoms with Crippen molar-refractivity contribution in [3.05, 3.63) is 27.5 Å². The number of urea groups is 1. The predicted octanol–water partition coefficient (Wildman–Crippen LogP) is 4.21. The molecule has 0 saturated carbocycles. The van der Waals surface area contributed by atoms with Gasteiger partial charge < -0.3 is 4.90 Å². The van der Waals surface area contributed by atoms with E-state index in [9.17, 15) is 4.79 Å². The van der Waals surface area contributed by atoms with Crippen LogP contribution in [0, 0.1) is 5.92 Å². The number of thiophene rings is 1. The maximum Gasteiger partial charge on any atom is 0.322 e. The van der Waals surface area contributed by atoms with Crippen molar-refractivity contribution < 1.29 is 4.79 Å². The van der Waals surface area contributed by atoms with Crippen molar-refractivity contribution in [1.82, 2.24) is 15.1 Å². The Labute approximate surface area is 144 Å². The summed E-state index contributed by atoms with van der Waals surface area (Å²) < 4.78 is 0. The second kappa shape index (κ2) is 7.40. The summed E-state index contributed by atoms with van der Waals surface area (Å²) in [7, 11) is 0. The number of aromatic nitrogens is 2.